The average molecular weight is 389 g/mol. The number of ether oxygens (including phenoxy) is 1. The summed E-state index contributed by atoms with van der Waals surface area (Å²) >= 11 is 0. The molecule has 0 saturated heterocycles. The van der Waals surface area contributed by atoms with Gasteiger partial charge in [-0.1, -0.05) is 19.3 Å². The number of carbonyl (C=O) groups is 3. The zero-order valence-corrected chi connectivity index (χ0v) is 17.0. The van der Waals surface area contributed by atoms with Gasteiger partial charge in [0.05, 0.1) is 6.54 Å². The maximum absolute atomic E-state index is 11.9. The molecule has 0 bridgehead atoms. The van der Waals surface area contributed by atoms with Crippen LogP contribution in [0.15, 0.2) is 12.1 Å². The number of nitrogens with zero attached hydrogens (tertiary/aromatic N) is 1. The largest absolute Gasteiger partial charge is 0.452 e. The fourth-order valence-corrected chi connectivity index (χ4v) is 3.70. The molecule has 154 valence electrons. The second-order valence-corrected chi connectivity index (χ2v) is 7.16. The normalized spacial score (nSPS) is 14.8. The second kappa shape index (κ2) is 10.7. The maximum atomic E-state index is 11.9. The summed E-state index contributed by atoms with van der Waals surface area (Å²) in [6, 6.07) is 2.61. The van der Waals surface area contributed by atoms with Crippen LogP contribution in [-0.4, -0.2) is 42.0 Å². The lowest BCUT2D eigenvalue weighted by Gasteiger charge is -2.26. The van der Waals surface area contributed by atoms with Crippen LogP contribution >= 0.6 is 0 Å². The van der Waals surface area contributed by atoms with E-state index in [2.05, 4.69) is 35.1 Å². The Hall–Kier alpha value is -2.57. The molecule has 1 aromatic rings. The molecule has 2 N–H and O–H groups in total. The molecule has 0 aromatic carbocycles. The summed E-state index contributed by atoms with van der Waals surface area (Å²) in [5.41, 5.74) is 3.33. The first-order valence-electron chi connectivity index (χ1n) is 9.99. The molecule has 1 heterocycles. The number of esters is 1. The highest BCUT2D eigenvalue weighted by molar-refractivity contribution is 5.90. The van der Waals surface area contributed by atoms with E-state index in [9.17, 15) is 14.4 Å². The number of likely N-dealkylation sites (N-methyl/N-ethyl adjacent to an activating group) is 1. The molecule has 1 aliphatic carbocycles. The zero-order chi connectivity index (χ0) is 20.5. The molecule has 0 spiro atoms. The minimum Gasteiger partial charge on any atom is -0.452 e. The van der Waals surface area contributed by atoms with E-state index >= 15 is 0 Å². The molecule has 0 radical (unpaired) electrons. The molecule has 1 saturated carbocycles. The molecule has 0 atom stereocenters. The first-order valence-corrected chi connectivity index (χ1v) is 9.99. The van der Waals surface area contributed by atoms with Gasteiger partial charge in [0, 0.05) is 30.1 Å². The lowest BCUT2D eigenvalue weighted by molar-refractivity contribution is -0.143. The molecule has 28 heavy (non-hydrogen) atoms. The van der Waals surface area contributed by atoms with Crippen LogP contribution in [0.25, 0.3) is 6.08 Å². The third-order valence-electron chi connectivity index (χ3n) is 5.03. The van der Waals surface area contributed by atoms with E-state index < -0.39 is 18.5 Å². The van der Waals surface area contributed by atoms with Crippen LogP contribution in [0.5, 0.6) is 0 Å². The Kier molecular flexibility index (Phi) is 8.29. The van der Waals surface area contributed by atoms with Crippen LogP contribution in [0.2, 0.25) is 0 Å². The van der Waals surface area contributed by atoms with Crippen LogP contribution in [0.1, 0.15) is 62.0 Å². The van der Waals surface area contributed by atoms with Crippen molar-refractivity contribution in [3.8, 4) is 0 Å². The van der Waals surface area contributed by atoms with E-state index in [0.717, 1.165) is 11.3 Å². The average Bonchev–Trinajstić information content (AvgIpc) is 2.97. The lowest BCUT2D eigenvalue weighted by Crippen LogP contribution is -2.38. The first kappa shape index (κ1) is 21.7. The number of aryl methyl sites for hydroxylation is 1. The number of rotatable bonds is 8. The Morgan fingerprint density at radius 2 is 1.86 bits per heavy atom. The molecule has 0 aliphatic heterocycles. The van der Waals surface area contributed by atoms with Crippen molar-refractivity contribution in [2.45, 2.75) is 58.9 Å². The van der Waals surface area contributed by atoms with E-state index in [0.29, 0.717) is 12.6 Å². The molecule has 7 nitrogen and oxygen atoms in total. The van der Waals surface area contributed by atoms with Gasteiger partial charge in [-0.15, -0.1) is 0 Å². The van der Waals surface area contributed by atoms with E-state index in [1.807, 2.05) is 0 Å². The van der Waals surface area contributed by atoms with Crippen molar-refractivity contribution >= 4 is 23.9 Å². The van der Waals surface area contributed by atoms with Gasteiger partial charge < -0.3 is 19.9 Å². The Labute approximate surface area is 166 Å². The highest BCUT2D eigenvalue weighted by atomic mass is 16.5. The Morgan fingerprint density at radius 1 is 1.14 bits per heavy atom. The third kappa shape index (κ3) is 6.25. The smallest absolute Gasteiger partial charge is 0.331 e. The topological polar surface area (TPSA) is 89.4 Å². The van der Waals surface area contributed by atoms with Crippen LogP contribution in [-0.2, 0) is 19.1 Å². The summed E-state index contributed by atoms with van der Waals surface area (Å²) in [7, 11) is 0. The summed E-state index contributed by atoms with van der Waals surface area (Å²) in [5, 5.41) is 4.96. The third-order valence-corrected chi connectivity index (χ3v) is 5.03. The molecular formula is C21H31N3O4. The summed E-state index contributed by atoms with van der Waals surface area (Å²) in [6.07, 6.45) is 9.31. The second-order valence-electron chi connectivity index (χ2n) is 7.16. The van der Waals surface area contributed by atoms with Gasteiger partial charge in [-0.2, -0.15) is 0 Å². The molecule has 1 aromatic heterocycles. The Bertz CT molecular complexity index is 730. The Morgan fingerprint density at radius 3 is 2.54 bits per heavy atom. The Balaban J connectivity index is 1.85. The molecule has 0 unspecified atom stereocenters. The van der Waals surface area contributed by atoms with Gasteiger partial charge in [0.2, 0.25) is 5.91 Å². The molecule has 2 rings (SSSR count). The van der Waals surface area contributed by atoms with Gasteiger partial charge in [-0.25, -0.2) is 4.79 Å². The van der Waals surface area contributed by atoms with Crippen molar-refractivity contribution in [1.29, 1.82) is 0 Å². The fourth-order valence-electron chi connectivity index (χ4n) is 3.70. The maximum Gasteiger partial charge on any atom is 0.331 e. The standard InChI is InChI=1S/C21H31N3O4/c1-4-22-19(25)13-23-20(26)14-28-21(27)11-10-17-12-15(2)24(16(17)3)18-8-6-5-7-9-18/h10-12,18H,4-9,13-14H2,1-3H3,(H,22,25)(H,23,26)/b11-10+. The van der Waals surface area contributed by atoms with Crippen molar-refractivity contribution < 1.29 is 19.1 Å². The molecule has 1 fully saturated rings. The van der Waals surface area contributed by atoms with E-state index in [1.54, 1.807) is 13.0 Å². The van der Waals surface area contributed by atoms with E-state index in [-0.39, 0.29) is 12.5 Å². The van der Waals surface area contributed by atoms with Gasteiger partial charge in [0.1, 0.15) is 0 Å². The van der Waals surface area contributed by atoms with Crippen molar-refractivity contribution in [1.82, 2.24) is 15.2 Å². The van der Waals surface area contributed by atoms with E-state index in [4.69, 9.17) is 4.74 Å². The molecule has 2 amide bonds. The number of aromatic nitrogens is 1. The number of amides is 2. The zero-order valence-electron chi connectivity index (χ0n) is 17.0. The first-order chi connectivity index (χ1) is 13.4. The van der Waals surface area contributed by atoms with Gasteiger partial charge >= 0.3 is 5.97 Å². The van der Waals surface area contributed by atoms with Crippen molar-refractivity contribution in [2.75, 3.05) is 19.7 Å². The monoisotopic (exact) mass is 389 g/mol. The van der Waals surface area contributed by atoms with Crippen molar-refractivity contribution in [3.63, 3.8) is 0 Å². The SMILES string of the molecule is CCNC(=O)CNC(=O)COC(=O)/C=C/c1cc(C)n(C2CCCCC2)c1C. The lowest BCUT2D eigenvalue weighted by atomic mass is 9.95. The van der Waals surface area contributed by atoms with Gasteiger partial charge in [0.15, 0.2) is 6.61 Å². The predicted octanol–water partition coefficient (Wildman–Crippen LogP) is 2.42. The van der Waals surface area contributed by atoms with Crippen LogP contribution < -0.4 is 10.6 Å². The number of hydrogen-bond acceptors (Lipinski definition) is 4. The summed E-state index contributed by atoms with van der Waals surface area (Å²) in [5.74, 6) is -1.38. The highest BCUT2D eigenvalue weighted by Gasteiger charge is 2.19. The molecule has 7 heteroatoms. The van der Waals surface area contributed by atoms with Crippen LogP contribution in [0.4, 0.5) is 0 Å². The van der Waals surface area contributed by atoms with Crippen molar-refractivity contribution in [3.05, 3.63) is 29.1 Å². The van der Waals surface area contributed by atoms with E-state index in [1.165, 1.54) is 43.9 Å². The minimum atomic E-state index is -0.587. The molecule has 1 aliphatic rings. The predicted molar refractivity (Wildman–Crippen MR) is 108 cm³/mol. The van der Waals surface area contributed by atoms with Gasteiger partial charge in [-0.3, -0.25) is 9.59 Å². The molecular weight excluding hydrogens is 358 g/mol. The van der Waals surface area contributed by atoms with Crippen molar-refractivity contribution in [2.24, 2.45) is 0 Å². The summed E-state index contributed by atoms with van der Waals surface area (Å²) in [4.78, 5) is 34.8. The summed E-state index contributed by atoms with van der Waals surface area (Å²) in [6.45, 7) is 5.91. The summed E-state index contributed by atoms with van der Waals surface area (Å²) < 4.78 is 7.31. The van der Waals surface area contributed by atoms with Gasteiger partial charge in [-0.05, 0) is 51.3 Å². The quantitative estimate of drug-likeness (QED) is 0.528. The van der Waals surface area contributed by atoms with Crippen LogP contribution in [0, 0.1) is 13.8 Å². The fraction of sp³-hybridized carbons (Fsp3) is 0.571. The number of carbonyl (C=O) groups excluding carboxylic acids is 3. The van der Waals surface area contributed by atoms with Gasteiger partial charge in [0.25, 0.3) is 5.91 Å². The van der Waals surface area contributed by atoms with Crippen LogP contribution in [0.3, 0.4) is 0 Å². The number of nitrogens with one attached hydrogen (secondary N) is 2. The number of hydrogen-bond donors (Lipinski definition) is 2. The highest BCUT2D eigenvalue weighted by Crippen LogP contribution is 2.32. The minimum absolute atomic E-state index is 0.132.